The predicted octanol–water partition coefficient (Wildman–Crippen LogP) is 1.93. The molecule has 92 valence electrons. The number of aromatic nitrogens is 1. The van der Waals surface area contributed by atoms with E-state index in [1.165, 1.54) is 5.32 Å². The first-order valence-electron chi connectivity index (χ1n) is 3.99. The second-order valence-corrected chi connectivity index (χ2v) is 3.18. The monoisotopic (exact) mass is 268 g/mol. The van der Waals surface area contributed by atoms with E-state index in [1.807, 2.05) is 0 Å². The van der Waals surface area contributed by atoms with Gasteiger partial charge in [-0.3, -0.25) is 4.79 Å². The molecule has 1 aromatic heterocycles. The molecule has 0 aromatic carbocycles. The quantitative estimate of drug-likeness (QED) is 0.803. The molecule has 1 heterocycles. The van der Waals surface area contributed by atoms with Crippen molar-refractivity contribution >= 4 is 29.2 Å². The van der Waals surface area contributed by atoms with Gasteiger partial charge in [-0.05, 0) is 6.07 Å². The lowest BCUT2D eigenvalue weighted by atomic mass is 10.2. The number of nitrogens with one attached hydrogen (secondary N) is 1. The highest BCUT2D eigenvalue weighted by Crippen LogP contribution is 2.21. The number of nitrogens with zero attached hydrogens (tertiary/aromatic N) is 1. The highest BCUT2D eigenvalue weighted by molar-refractivity contribution is 6.32. The summed E-state index contributed by atoms with van der Waals surface area (Å²) in [5.41, 5.74) is -0.916. The molecule has 0 aliphatic carbocycles. The second kappa shape index (κ2) is 4.58. The van der Waals surface area contributed by atoms with Crippen LogP contribution in [0.2, 0.25) is 5.15 Å². The number of carbonyl (C=O) groups is 2. The fourth-order valence-electron chi connectivity index (χ4n) is 0.868. The lowest BCUT2D eigenvalue weighted by Crippen LogP contribution is -2.30. The number of carboxylic acid groups (broad SMARTS) is 1. The Morgan fingerprint density at radius 1 is 1.41 bits per heavy atom. The van der Waals surface area contributed by atoms with E-state index in [0.29, 0.717) is 0 Å². The van der Waals surface area contributed by atoms with Gasteiger partial charge in [0.05, 0.1) is 17.4 Å². The van der Waals surface area contributed by atoms with Crippen LogP contribution in [0.25, 0.3) is 0 Å². The van der Waals surface area contributed by atoms with E-state index in [4.69, 9.17) is 16.7 Å². The van der Waals surface area contributed by atoms with E-state index in [2.05, 4.69) is 4.98 Å². The van der Waals surface area contributed by atoms with Crippen LogP contribution in [0.3, 0.4) is 0 Å². The van der Waals surface area contributed by atoms with Crippen LogP contribution in [0.5, 0.6) is 0 Å². The Bertz CT molecular complexity index is 476. The number of hydrogen-bond donors (Lipinski definition) is 2. The molecule has 0 aliphatic heterocycles. The Kier molecular flexibility index (Phi) is 3.56. The van der Waals surface area contributed by atoms with Crippen molar-refractivity contribution in [1.29, 1.82) is 0 Å². The molecule has 1 aromatic rings. The third-order valence-electron chi connectivity index (χ3n) is 1.58. The van der Waals surface area contributed by atoms with Crippen molar-refractivity contribution < 1.29 is 27.9 Å². The molecule has 0 bridgehead atoms. The summed E-state index contributed by atoms with van der Waals surface area (Å²) < 4.78 is 35.7. The molecular weight excluding hydrogens is 265 g/mol. The van der Waals surface area contributed by atoms with Gasteiger partial charge in [0.2, 0.25) is 0 Å². The number of carboxylic acids is 1. The van der Waals surface area contributed by atoms with E-state index in [-0.39, 0.29) is 5.15 Å². The van der Waals surface area contributed by atoms with Crippen molar-refractivity contribution in [3.8, 4) is 0 Å². The summed E-state index contributed by atoms with van der Waals surface area (Å²) in [5, 5.41) is 9.69. The van der Waals surface area contributed by atoms with E-state index in [1.54, 1.807) is 0 Å². The summed E-state index contributed by atoms with van der Waals surface area (Å²) in [6, 6.07) is 0.779. The van der Waals surface area contributed by atoms with Crippen LogP contribution in [0.15, 0.2) is 12.3 Å². The minimum absolute atomic E-state index is 0.387. The number of aromatic carboxylic acids is 1. The number of carbonyl (C=O) groups excluding carboxylic acids is 1. The number of alkyl halides is 3. The molecule has 0 aliphatic rings. The molecule has 0 unspecified atom stereocenters. The zero-order chi connectivity index (χ0) is 13.2. The van der Waals surface area contributed by atoms with Gasteiger partial charge in [0.25, 0.3) is 0 Å². The van der Waals surface area contributed by atoms with Crippen molar-refractivity contribution in [2.24, 2.45) is 0 Å². The summed E-state index contributed by atoms with van der Waals surface area (Å²) >= 11 is 5.39. The molecule has 0 spiro atoms. The van der Waals surface area contributed by atoms with Gasteiger partial charge in [-0.25, -0.2) is 9.78 Å². The van der Waals surface area contributed by atoms with Gasteiger partial charge in [0.1, 0.15) is 5.15 Å². The van der Waals surface area contributed by atoms with Crippen LogP contribution in [-0.2, 0) is 4.79 Å². The second-order valence-electron chi connectivity index (χ2n) is 2.82. The highest BCUT2D eigenvalue weighted by Gasteiger charge is 2.38. The molecule has 17 heavy (non-hydrogen) atoms. The Morgan fingerprint density at radius 2 is 2.00 bits per heavy atom. The number of rotatable bonds is 2. The molecule has 9 heteroatoms. The molecule has 2 N–H and O–H groups in total. The van der Waals surface area contributed by atoms with E-state index in [0.717, 1.165) is 12.3 Å². The number of halogens is 4. The molecule has 1 rings (SSSR count). The molecule has 0 saturated heterocycles. The van der Waals surface area contributed by atoms with Crippen LogP contribution in [0, 0.1) is 0 Å². The normalized spacial score (nSPS) is 11.1. The van der Waals surface area contributed by atoms with Crippen LogP contribution >= 0.6 is 11.6 Å². The summed E-state index contributed by atoms with van der Waals surface area (Å²) in [7, 11) is 0. The fraction of sp³-hybridized carbons (Fsp3) is 0.125. The number of amides is 1. The van der Waals surface area contributed by atoms with Gasteiger partial charge < -0.3 is 10.4 Å². The first-order chi connectivity index (χ1) is 7.71. The molecular formula is C8H4ClF3N2O3. The van der Waals surface area contributed by atoms with Gasteiger partial charge in [0.15, 0.2) is 0 Å². The minimum atomic E-state index is -5.07. The molecule has 0 atom stereocenters. The van der Waals surface area contributed by atoms with Gasteiger partial charge >= 0.3 is 18.1 Å². The Morgan fingerprint density at radius 3 is 2.47 bits per heavy atom. The van der Waals surface area contributed by atoms with E-state index < -0.39 is 29.3 Å². The van der Waals surface area contributed by atoms with Crippen molar-refractivity contribution in [3.05, 3.63) is 23.0 Å². The zero-order valence-corrected chi connectivity index (χ0v) is 8.63. The molecule has 0 radical (unpaired) electrons. The van der Waals surface area contributed by atoms with Crippen molar-refractivity contribution in [3.63, 3.8) is 0 Å². The third kappa shape index (κ3) is 3.31. The molecule has 1 amide bonds. The zero-order valence-electron chi connectivity index (χ0n) is 7.88. The number of pyridine rings is 1. The summed E-state index contributed by atoms with van der Waals surface area (Å²) in [6.07, 6.45) is -4.25. The first kappa shape index (κ1) is 13.2. The fourth-order valence-corrected chi connectivity index (χ4v) is 1.05. The number of anilines is 1. The lowest BCUT2D eigenvalue weighted by molar-refractivity contribution is -0.167. The average molecular weight is 269 g/mol. The Labute approximate surface area is 97.2 Å². The maximum Gasteiger partial charge on any atom is 0.471 e. The summed E-state index contributed by atoms with van der Waals surface area (Å²) in [5.74, 6) is -3.69. The van der Waals surface area contributed by atoms with Gasteiger partial charge in [-0.2, -0.15) is 13.2 Å². The highest BCUT2D eigenvalue weighted by atomic mass is 35.5. The van der Waals surface area contributed by atoms with Gasteiger partial charge in [-0.15, -0.1) is 0 Å². The minimum Gasteiger partial charge on any atom is -0.478 e. The predicted molar refractivity (Wildman–Crippen MR) is 50.9 cm³/mol. The number of hydrogen-bond acceptors (Lipinski definition) is 3. The lowest BCUT2D eigenvalue weighted by Gasteiger charge is -2.08. The first-order valence-corrected chi connectivity index (χ1v) is 4.36. The molecule has 0 saturated carbocycles. The maximum atomic E-state index is 11.9. The topological polar surface area (TPSA) is 79.3 Å². The average Bonchev–Trinajstić information content (AvgIpc) is 2.19. The molecule has 5 nitrogen and oxygen atoms in total. The van der Waals surface area contributed by atoms with Crippen LogP contribution in [0.4, 0.5) is 18.9 Å². The van der Waals surface area contributed by atoms with Gasteiger partial charge in [-0.1, -0.05) is 11.6 Å². The SMILES string of the molecule is O=C(O)c1cc(NC(=O)C(F)(F)F)cnc1Cl. The van der Waals surface area contributed by atoms with Crippen molar-refractivity contribution in [2.45, 2.75) is 6.18 Å². The third-order valence-corrected chi connectivity index (χ3v) is 1.89. The summed E-state index contributed by atoms with van der Waals surface area (Å²) in [4.78, 5) is 24.5. The smallest absolute Gasteiger partial charge is 0.471 e. The standard InChI is InChI=1S/C8H4ClF3N2O3/c9-5-4(6(15)16)1-3(2-13-5)14-7(17)8(10,11)12/h1-2H,(H,14,17)(H,15,16). The maximum absolute atomic E-state index is 11.9. The Balaban J connectivity index is 2.98. The largest absolute Gasteiger partial charge is 0.478 e. The van der Waals surface area contributed by atoms with Crippen molar-refractivity contribution in [2.75, 3.05) is 5.32 Å². The van der Waals surface area contributed by atoms with E-state index in [9.17, 15) is 22.8 Å². The Hall–Kier alpha value is -1.83. The van der Waals surface area contributed by atoms with Crippen LogP contribution in [-0.4, -0.2) is 28.1 Å². The van der Waals surface area contributed by atoms with E-state index >= 15 is 0 Å². The van der Waals surface area contributed by atoms with Crippen LogP contribution in [0.1, 0.15) is 10.4 Å². The van der Waals surface area contributed by atoms with Crippen molar-refractivity contribution in [1.82, 2.24) is 4.98 Å². The summed E-state index contributed by atoms with van der Waals surface area (Å²) in [6.45, 7) is 0. The molecule has 0 fully saturated rings. The van der Waals surface area contributed by atoms with Gasteiger partial charge in [0, 0.05) is 0 Å². The van der Waals surface area contributed by atoms with Crippen LogP contribution < -0.4 is 5.32 Å².